The fraction of sp³-hybridized carbons (Fsp3) is 0.250. The molecule has 136 valence electrons. The maximum absolute atomic E-state index is 12.4. The molecule has 0 aliphatic carbocycles. The highest BCUT2D eigenvalue weighted by molar-refractivity contribution is 9.10. The second kappa shape index (κ2) is 7.72. The van der Waals surface area contributed by atoms with E-state index in [-0.39, 0.29) is 6.10 Å². The van der Waals surface area contributed by atoms with E-state index in [2.05, 4.69) is 15.9 Å². The molecular weight excluding hydrogens is 420 g/mol. The predicted octanol–water partition coefficient (Wildman–Crippen LogP) is 6.30. The zero-order chi connectivity index (χ0) is 18.8. The van der Waals surface area contributed by atoms with E-state index in [1.54, 1.807) is 19.1 Å². The Hall–Kier alpha value is -1.98. The third-order valence-electron chi connectivity index (χ3n) is 3.75. The zero-order valence-electron chi connectivity index (χ0n) is 14.6. The van der Waals surface area contributed by atoms with Crippen molar-refractivity contribution in [2.75, 3.05) is 0 Å². The Kier molecular flexibility index (Phi) is 5.58. The van der Waals surface area contributed by atoms with Gasteiger partial charge in [-0.3, -0.25) is 0 Å². The van der Waals surface area contributed by atoms with Crippen LogP contribution in [0.5, 0.6) is 5.75 Å². The van der Waals surface area contributed by atoms with Crippen LogP contribution >= 0.6 is 27.5 Å². The summed E-state index contributed by atoms with van der Waals surface area (Å²) < 4.78 is 17.7. The van der Waals surface area contributed by atoms with Crippen LogP contribution in [0.25, 0.3) is 11.0 Å². The molecule has 0 saturated carbocycles. The summed E-state index contributed by atoms with van der Waals surface area (Å²) in [6.07, 6.45) is -0.208. The summed E-state index contributed by atoms with van der Waals surface area (Å²) >= 11 is 9.50. The van der Waals surface area contributed by atoms with Crippen molar-refractivity contribution in [1.29, 1.82) is 0 Å². The van der Waals surface area contributed by atoms with Crippen molar-refractivity contribution in [3.8, 4) is 5.75 Å². The largest absolute Gasteiger partial charge is 0.488 e. The van der Waals surface area contributed by atoms with Crippen molar-refractivity contribution < 1.29 is 18.7 Å². The Bertz CT molecular complexity index is 962. The Morgan fingerprint density at radius 1 is 1.27 bits per heavy atom. The van der Waals surface area contributed by atoms with Gasteiger partial charge in [0.2, 0.25) is 0 Å². The third kappa shape index (κ3) is 4.05. The van der Waals surface area contributed by atoms with E-state index in [1.807, 2.05) is 38.1 Å². The first-order chi connectivity index (χ1) is 12.3. The van der Waals surface area contributed by atoms with Gasteiger partial charge in [-0.2, -0.15) is 0 Å². The van der Waals surface area contributed by atoms with Gasteiger partial charge in [-0.15, -0.1) is 0 Å². The van der Waals surface area contributed by atoms with Crippen molar-refractivity contribution >= 4 is 44.5 Å². The second-order valence-electron chi connectivity index (χ2n) is 6.18. The summed E-state index contributed by atoms with van der Waals surface area (Å²) in [5.41, 5.74) is 1.97. The topological polar surface area (TPSA) is 48.7 Å². The van der Waals surface area contributed by atoms with Gasteiger partial charge in [-0.1, -0.05) is 23.7 Å². The highest BCUT2D eigenvalue weighted by atomic mass is 79.9. The number of carbonyl (C=O) groups is 1. The van der Waals surface area contributed by atoms with Gasteiger partial charge in [0, 0.05) is 10.4 Å². The summed E-state index contributed by atoms with van der Waals surface area (Å²) in [4.78, 5) is 12.4. The molecule has 26 heavy (non-hydrogen) atoms. The molecule has 1 heterocycles. The number of hydrogen-bond donors (Lipinski definition) is 0. The molecule has 0 atom stereocenters. The minimum absolute atomic E-state index is 0.208. The molecule has 0 aliphatic heterocycles. The van der Waals surface area contributed by atoms with Crippen LogP contribution < -0.4 is 4.74 Å². The molecule has 0 radical (unpaired) electrons. The van der Waals surface area contributed by atoms with E-state index in [0.29, 0.717) is 39.7 Å². The first-order valence-corrected chi connectivity index (χ1v) is 9.33. The number of hydrogen-bond acceptors (Lipinski definition) is 4. The first-order valence-electron chi connectivity index (χ1n) is 8.16. The molecule has 0 unspecified atom stereocenters. The van der Waals surface area contributed by atoms with E-state index in [1.165, 1.54) is 0 Å². The molecule has 3 rings (SSSR count). The van der Waals surface area contributed by atoms with Crippen molar-refractivity contribution in [3.63, 3.8) is 0 Å². The van der Waals surface area contributed by atoms with Crippen molar-refractivity contribution in [1.82, 2.24) is 0 Å². The van der Waals surface area contributed by atoms with Crippen LogP contribution in [0, 0.1) is 6.92 Å². The first kappa shape index (κ1) is 18.8. The van der Waals surface area contributed by atoms with Gasteiger partial charge in [-0.25, -0.2) is 4.79 Å². The molecule has 0 N–H and O–H groups in total. The number of furan rings is 1. The third-order valence-corrected chi connectivity index (χ3v) is 4.60. The zero-order valence-corrected chi connectivity index (χ0v) is 17.0. The average molecular weight is 438 g/mol. The van der Waals surface area contributed by atoms with E-state index in [9.17, 15) is 4.79 Å². The van der Waals surface area contributed by atoms with Crippen LogP contribution in [0.15, 0.2) is 45.3 Å². The lowest BCUT2D eigenvalue weighted by Crippen LogP contribution is -2.12. The Morgan fingerprint density at radius 2 is 2.04 bits per heavy atom. The van der Waals surface area contributed by atoms with Crippen molar-refractivity contribution in [2.45, 2.75) is 33.5 Å². The number of halogens is 2. The van der Waals surface area contributed by atoms with Crippen LogP contribution in [0.3, 0.4) is 0 Å². The number of benzene rings is 2. The van der Waals surface area contributed by atoms with E-state index in [4.69, 9.17) is 25.5 Å². The molecular formula is C20H18BrClO4. The summed E-state index contributed by atoms with van der Waals surface area (Å²) in [6.45, 7) is 5.72. The van der Waals surface area contributed by atoms with Crippen LogP contribution in [-0.2, 0) is 11.3 Å². The minimum atomic E-state index is -0.403. The molecule has 2 aromatic carbocycles. The molecule has 4 nitrogen and oxygen atoms in total. The number of rotatable bonds is 5. The molecule has 0 amide bonds. The molecule has 3 aromatic rings. The predicted molar refractivity (Wildman–Crippen MR) is 105 cm³/mol. The SMILES string of the molecule is Cc1oc2cc(Br)c(OCc3cccc(Cl)c3)cc2c1C(=O)OC(C)C. The van der Waals surface area contributed by atoms with E-state index in [0.717, 1.165) is 10.0 Å². The number of carbonyl (C=O) groups excluding carboxylic acids is 1. The molecule has 0 spiro atoms. The van der Waals surface area contributed by atoms with Gasteiger partial charge in [0.15, 0.2) is 0 Å². The fourth-order valence-corrected chi connectivity index (χ4v) is 3.30. The summed E-state index contributed by atoms with van der Waals surface area (Å²) in [5, 5.41) is 1.32. The van der Waals surface area contributed by atoms with Crippen molar-refractivity contribution in [3.05, 3.63) is 62.8 Å². The number of aryl methyl sites for hydroxylation is 1. The standard InChI is InChI=1S/C20H18BrClO4/c1-11(2)25-20(23)19-12(3)26-17-9-16(21)18(8-15(17)19)24-10-13-5-4-6-14(22)7-13/h4-9,11H,10H2,1-3H3. The summed E-state index contributed by atoms with van der Waals surface area (Å²) in [7, 11) is 0. The number of esters is 1. The molecule has 0 saturated heterocycles. The minimum Gasteiger partial charge on any atom is -0.488 e. The maximum atomic E-state index is 12.4. The lowest BCUT2D eigenvalue weighted by atomic mass is 10.1. The second-order valence-corrected chi connectivity index (χ2v) is 7.48. The Labute approximate surface area is 165 Å². The Balaban J connectivity index is 1.93. The van der Waals surface area contributed by atoms with Gasteiger partial charge in [0.25, 0.3) is 0 Å². The summed E-state index contributed by atoms with van der Waals surface area (Å²) in [5.74, 6) is 0.723. The summed E-state index contributed by atoms with van der Waals surface area (Å²) in [6, 6.07) is 11.1. The van der Waals surface area contributed by atoms with E-state index >= 15 is 0 Å². The normalized spacial score (nSPS) is 11.2. The fourth-order valence-electron chi connectivity index (χ4n) is 2.65. The van der Waals surface area contributed by atoms with Crippen LogP contribution in [0.4, 0.5) is 0 Å². The van der Waals surface area contributed by atoms with Gasteiger partial charge >= 0.3 is 5.97 Å². The number of fused-ring (bicyclic) bond motifs is 1. The van der Waals surface area contributed by atoms with E-state index < -0.39 is 5.97 Å². The monoisotopic (exact) mass is 436 g/mol. The average Bonchev–Trinajstić information content (AvgIpc) is 2.86. The van der Waals surface area contributed by atoms with Crippen LogP contribution in [-0.4, -0.2) is 12.1 Å². The number of ether oxygens (including phenoxy) is 2. The van der Waals surface area contributed by atoms with Crippen molar-refractivity contribution in [2.24, 2.45) is 0 Å². The lowest BCUT2D eigenvalue weighted by molar-refractivity contribution is 0.0378. The highest BCUT2D eigenvalue weighted by Crippen LogP contribution is 2.35. The van der Waals surface area contributed by atoms with Gasteiger partial charge in [-0.05, 0) is 66.5 Å². The maximum Gasteiger partial charge on any atom is 0.342 e. The lowest BCUT2D eigenvalue weighted by Gasteiger charge is -2.10. The molecule has 0 aliphatic rings. The molecule has 1 aromatic heterocycles. The molecule has 0 bridgehead atoms. The molecule has 6 heteroatoms. The highest BCUT2D eigenvalue weighted by Gasteiger charge is 2.22. The van der Waals surface area contributed by atoms with Crippen LogP contribution in [0.1, 0.15) is 35.5 Å². The molecule has 0 fully saturated rings. The quantitative estimate of drug-likeness (QED) is 0.439. The van der Waals surface area contributed by atoms with Gasteiger partial charge in [0.05, 0.1) is 10.6 Å². The van der Waals surface area contributed by atoms with Gasteiger partial charge in [0.1, 0.15) is 29.3 Å². The smallest absolute Gasteiger partial charge is 0.342 e. The van der Waals surface area contributed by atoms with Crippen LogP contribution in [0.2, 0.25) is 5.02 Å². The Morgan fingerprint density at radius 3 is 2.73 bits per heavy atom. The van der Waals surface area contributed by atoms with Gasteiger partial charge < -0.3 is 13.9 Å².